The third-order valence-electron chi connectivity index (χ3n) is 4.03. The summed E-state index contributed by atoms with van der Waals surface area (Å²) in [5.74, 6) is 0.0785. The minimum atomic E-state index is -0.714. The highest BCUT2D eigenvalue weighted by molar-refractivity contribution is 6.30. The van der Waals surface area contributed by atoms with Crippen molar-refractivity contribution < 1.29 is 18.7 Å². The van der Waals surface area contributed by atoms with Crippen LogP contribution in [-0.2, 0) is 11.3 Å². The standard InChI is InChI=1S/C21H18ClFN2O3/c1-14(26)25(13-15-5-3-4-6-19(15)27-2)18-11-12-20(23)24-21(18)28-17-9-7-16(22)8-10-17/h3-12H,13H2,1-2H3/i23-1. The number of hydrogen-bond donors (Lipinski definition) is 0. The lowest BCUT2D eigenvalue weighted by Crippen LogP contribution is -2.28. The van der Waals surface area contributed by atoms with Crippen molar-refractivity contribution in [3.63, 3.8) is 0 Å². The molecule has 144 valence electrons. The van der Waals surface area contributed by atoms with Crippen LogP contribution in [0.15, 0.2) is 60.7 Å². The average molecular weight is 400 g/mol. The van der Waals surface area contributed by atoms with Crippen LogP contribution in [0, 0.1) is 5.95 Å². The summed E-state index contributed by atoms with van der Waals surface area (Å²) in [7, 11) is 1.56. The molecule has 1 amide bonds. The smallest absolute Gasteiger partial charge is 0.246 e. The van der Waals surface area contributed by atoms with Crippen LogP contribution in [0.5, 0.6) is 17.4 Å². The SMILES string of the molecule is COc1ccccc1CN(C(C)=O)c1ccc([18F])nc1Oc1ccc(Cl)cc1. The zero-order valence-corrected chi connectivity index (χ0v) is 16.1. The molecule has 0 aliphatic heterocycles. The summed E-state index contributed by atoms with van der Waals surface area (Å²) in [5, 5.41) is 0.543. The van der Waals surface area contributed by atoms with Gasteiger partial charge in [-0.3, -0.25) is 4.79 Å². The number of methoxy groups -OCH3 is 1. The first-order chi connectivity index (χ1) is 13.5. The number of pyridine rings is 1. The number of halogens is 2. The number of para-hydroxylation sites is 1. The fraction of sp³-hybridized carbons (Fsp3) is 0.143. The van der Waals surface area contributed by atoms with E-state index in [4.69, 9.17) is 21.1 Å². The predicted octanol–water partition coefficient (Wildman–Crippen LogP) is 5.23. The molecular formula is C21H18ClFN2O3. The fourth-order valence-electron chi connectivity index (χ4n) is 2.68. The normalized spacial score (nSPS) is 10.4. The van der Waals surface area contributed by atoms with E-state index in [-0.39, 0.29) is 18.3 Å². The molecule has 2 aromatic carbocycles. The first-order valence-corrected chi connectivity index (χ1v) is 8.85. The molecule has 0 fully saturated rings. The summed E-state index contributed by atoms with van der Waals surface area (Å²) < 4.78 is 24.9. The van der Waals surface area contributed by atoms with E-state index in [0.717, 1.165) is 5.56 Å². The van der Waals surface area contributed by atoms with E-state index >= 15 is 0 Å². The molecule has 0 atom stereocenters. The van der Waals surface area contributed by atoms with Crippen molar-refractivity contribution in [1.29, 1.82) is 0 Å². The monoisotopic (exact) mass is 399 g/mol. The number of carbonyl (C=O) groups excluding carboxylic acids is 1. The van der Waals surface area contributed by atoms with E-state index in [9.17, 15) is 9.18 Å². The second kappa shape index (κ2) is 8.71. The Balaban J connectivity index is 1.98. The summed E-state index contributed by atoms with van der Waals surface area (Å²) in [4.78, 5) is 17.7. The third kappa shape index (κ3) is 4.58. The Kier molecular flexibility index (Phi) is 6.11. The van der Waals surface area contributed by atoms with E-state index in [2.05, 4.69) is 4.98 Å². The minimum absolute atomic E-state index is 0.0209. The highest BCUT2D eigenvalue weighted by atomic mass is 35.5. The van der Waals surface area contributed by atoms with Crippen LogP contribution < -0.4 is 14.4 Å². The Bertz CT molecular complexity index is 980. The van der Waals surface area contributed by atoms with Crippen LogP contribution in [-0.4, -0.2) is 18.0 Å². The Morgan fingerprint density at radius 2 is 1.82 bits per heavy atom. The highest BCUT2D eigenvalue weighted by Crippen LogP contribution is 2.33. The van der Waals surface area contributed by atoms with Gasteiger partial charge in [0.2, 0.25) is 17.7 Å². The number of anilines is 1. The molecule has 1 aromatic heterocycles. The topological polar surface area (TPSA) is 51.7 Å². The van der Waals surface area contributed by atoms with Gasteiger partial charge in [0.05, 0.1) is 13.7 Å². The molecule has 0 aliphatic carbocycles. The molecule has 7 heteroatoms. The summed E-state index contributed by atoms with van der Waals surface area (Å²) in [6.45, 7) is 1.63. The van der Waals surface area contributed by atoms with E-state index in [1.165, 1.54) is 24.0 Å². The molecule has 0 saturated heterocycles. The molecule has 0 saturated carbocycles. The largest absolute Gasteiger partial charge is 0.496 e. The number of carbonyl (C=O) groups is 1. The molecule has 1 heterocycles. The molecule has 0 spiro atoms. The Hall–Kier alpha value is -3.12. The zero-order chi connectivity index (χ0) is 20.1. The summed E-state index contributed by atoms with van der Waals surface area (Å²) in [6, 6.07) is 16.6. The van der Waals surface area contributed by atoms with Crippen LogP contribution in [0.2, 0.25) is 5.02 Å². The van der Waals surface area contributed by atoms with Gasteiger partial charge >= 0.3 is 0 Å². The van der Waals surface area contributed by atoms with Crippen LogP contribution in [0.4, 0.5) is 10.1 Å². The molecule has 0 bridgehead atoms. The molecular weight excluding hydrogens is 382 g/mol. The Morgan fingerprint density at radius 1 is 1.11 bits per heavy atom. The third-order valence-corrected chi connectivity index (χ3v) is 4.28. The van der Waals surface area contributed by atoms with Gasteiger partial charge in [0.15, 0.2) is 0 Å². The van der Waals surface area contributed by atoms with Crippen LogP contribution in [0.1, 0.15) is 12.5 Å². The number of aromatic nitrogens is 1. The molecule has 0 aliphatic rings. The summed E-state index contributed by atoms with van der Waals surface area (Å²) in [5.41, 5.74) is 1.14. The van der Waals surface area contributed by atoms with Gasteiger partial charge in [-0.05, 0) is 42.5 Å². The Labute approximate surface area is 167 Å². The van der Waals surface area contributed by atoms with Crippen molar-refractivity contribution in [2.45, 2.75) is 13.5 Å². The van der Waals surface area contributed by atoms with Crippen LogP contribution in [0.3, 0.4) is 0 Å². The second-order valence-electron chi connectivity index (χ2n) is 5.93. The molecule has 0 unspecified atom stereocenters. The van der Waals surface area contributed by atoms with Gasteiger partial charge in [0, 0.05) is 17.5 Å². The van der Waals surface area contributed by atoms with Gasteiger partial charge < -0.3 is 14.4 Å². The van der Waals surface area contributed by atoms with Crippen molar-refractivity contribution in [3.8, 4) is 17.4 Å². The maximum absolute atomic E-state index is 13.8. The molecule has 5 nitrogen and oxygen atoms in total. The van der Waals surface area contributed by atoms with E-state index < -0.39 is 5.95 Å². The minimum Gasteiger partial charge on any atom is -0.496 e. The molecule has 0 radical (unpaired) electrons. The van der Waals surface area contributed by atoms with Gasteiger partial charge in [-0.25, -0.2) is 0 Å². The van der Waals surface area contributed by atoms with Gasteiger partial charge in [-0.2, -0.15) is 9.37 Å². The van der Waals surface area contributed by atoms with Gasteiger partial charge in [-0.1, -0.05) is 29.8 Å². The van der Waals surface area contributed by atoms with E-state index in [1.807, 2.05) is 24.3 Å². The quantitative estimate of drug-likeness (QED) is 0.533. The van der Waals surface area contributed by atoms with Crippen molar-refractivity contribution in [3.05, 3.63) is 77.2 Å². The second-order valence-corrected chi connectivity index (χ2v) is 6.37. The van der Waals surface area contributed by atoms with Crippen molar-refractivity contribution in [2.24, 2.45) is 0 Å². The number of benzene rings is 2. The first-order valence-electron chi connectivity index (χ1n) is 8.48. The van der Waals surface area contributed by atoms with Crippen molar-refractivity contribution in [1.82, 2.24) is 4.98 Å². The molecule has 3 aromatic rings. The number of amides is 1. The molecule has 28 heavy (non-hydrogen) atoms. The number of nitrogens with zero attached hydrogens (tertiary/aromatic N) is 2. The summed E-state index contributed by atoms with van der Waals surface area (Å²) >= 11 is 5.89. The lowest BCUT2D eigenvalue weighted by Gasteiger charge is -2.24. The zero-order valence-electron chi connectivity index (χ0n) is 15.4. The molecule has 0 N–H and O–H groups in total. The lowest BCUT2D eigenvalue weighted by molar-refractivity contribution is -0.116. The van der Waals surface area contributed by atoms with Gasteiger partial charge in [0.25, 0.3) is 0 Å². The fourth-order valence-corrected chi connectivity index (χ4v) is 2.80. The van der Waals surface area contributed by atoms with Crippen LogP contribution in [0.25, 0.3) is 0 Å². The van der Waals surface area contributed by atoms with Gasteiger partial charge in [0.1, 0.15) is 17.2 Å². The summed E-state index contributed by atoms with van der Waals surface area (Å²) in [6.07, 6.45) is 0. The number of rotatable bonds is 6. The highest BCUT2D eigenvalue weighted by Gasteiger charge is 2.21. The predicted molar refractivity (Wildman–Crippen MR) is 106 cm³/mol. The number of hydrogen-bond acceptors (Lipinski definition) is 4. The van der Waals surface area contributed by atoms with E-state index in [1.54, 1.807) is 31.4 Å². The van der Waals surface area contributed by atoms with Crippen molar-refractivity contribution >= 4 is 23.2 Å². The first kappa shape index (κ1) is 19.6. The average Bonchev–Trinajstić information content (AvgIpc) is 2.68. The number of ether oxygens (including phenoxy) is 2. The maximum atomic E-state index is 13.8. The van der Waals surface area contributed by atoms with Crippen LogP contribution >= 0.6 is 11.6 Å². The molecule has 3 rings (SSSR count). The lowest BCUT2D eigenvalue weighted by atomic mass is 10.1. The Morgan fingerprint density at radius 3 is 2.50 bits per heavy atom. The maximum Gasteiger partial charge on any atom is 0.246 e. The van der Waals surface area contributed by atoms with Gasteiger partial charge in [-0.15, -0.1) is 0 Å². The van der Waals surface area contributed by atoms with E-state index in [0.29, 0.717) is 22.2 Å². The van der Waals surface area contributed by atoms with Crippen molar-refractivity contribution in [2.75, 3.05) is 12.0 Å².